The van der Waals surface area contributed by atoms with Crippen LogP contribution in [-0.2, 0) is 16.1 Å². The van der Waals surface area contributed by atoms with Crippen LogP contribution in [0, 0.1) is 6.92 Å². The van der Waals surface area contributed by atoms with Gasteiger partial charge in [-0.3, -0.25) is 9.59 Å². The van der Waals surface area contributed by atoms with Crippen LogP contribution in [0.3, 0.4) is 0 Å². The third-order valence-electron chi connectivity index (χ3n) is 7.95. The van der Waals surface area contributed by atoms with Crippen molar-refractivity contribution in [2.45, 2.75) is 65.1 Å². The van der Waals surface area contributed by atoms with Crippen molar-refractivity contribution < 1.29 is 24.2 Å². The predicted molar refractivity (Wildman–Crippen MR) is 177 cm³/mol. The zero-order valence-electron chi connectivity index (χ0n) is 26.5. The summed E-state index contributed by atoms with van der Waals surface area (Å²) in [6.45, 7) is 9.59. The molecule has 4 aromatic rings. The average molecular weight is 614 g/mol. The number of rotatable bonds is 14. The molecule has 0 bridgehead atoms. The number of carbonyl (C=O) groups is 2. The molecule has 1 aromatic heterocycles. The molecule has 0 saturated carbocycles. The molecule has 10 heteroatoms. The largest absolute Gasteiger partial charge is 0.490 e. The van der Waals surface area contributed by atoms with Crippen LogP contribution in [0.15, 0.2) is 65.8 Å². The quantitative estimate of drug-likeness (QED) is 0.167. The first-order chi connectivity index (χ1) is 21.6. The minimum absolute atomic E-state index is 0.0819. The second-order valence-electron chi connectivity index (χ2n) is 12.2. The molecule has 238 valence electrons. The van der Waals surface area contributed by atoms with Crippen LogP contribution in [0.2, 0.25) is 0 Å². The number of β-amino-alcohol motifs (C(OH)–C–C–N with tert-alkyl or cyclic N) is 1. The molecule has 10 nitrogen and oxygen atoms in total. The summed E-state index contributed by atoms with van der Waals surface area (Å²) < 4.78 is 14.3. The number of aromatic nitrogens is 1. The Kier molecular flexibility index (Phi) is 10.0. The Morgan fingerprint density at radius 3 is 2.62 bits per heavy atom. The maximum atomic E-state index is 12.6. The molecule has 0 spiro atoms. The fourth-order valence-electron chi connectivity index (χ4n) is 5.54. The van der Waals surface area contributed by atoms with E-state index in [0.29, 0.717) is 31.7 Å². The summed E-state index contributed by atoms with van der Waals surface area (Å²) in [5.41, 5.74) is 6.96. The minimum atomic E-state index is -0.746. The Morgan fingerprint density at radius 1 is 1.07 bits per heavy atom. The fraction of sp³-hybridized carbons (Fsp3) is 0.400. The first-order valence-electron chi connectivity index (χ1n) is 15.6. The molecule has 0 aliphatic carbocycles. The van der Waals surface area contributed by atoms with Crippen molar-refractivity contribution in [2.75, 3.05) is 26.3 Å². The number of amides is 2. The standard InChI is InChI=1S/C35H43N5O5/c1-5-17-40-28-10-7-6-9-26(28)34-29(40)11-8-12-31(34)44-20-25(41)19-37-35(3,4)22-36-33(43)21-45-30-15-13-24(18-23(30)2)27-14-16-32(42)39-38-27/h6-13,15,18,25,37,41H,5,14,16-17,19-22H2,1-4H3,(H,36,43)(H,39,42). The van der Waals surface area contributed by atoms with Gasteiger partial charge in [0.1, 0.15) is 24.2 Å². The summed E-state index contributed by atoms with van der Waals surface area (Å²) in [5.74, 6) is 1.04. The second-order valence-corrected chi connectivity index (χ2v) is 12.2. The smallest absolute Gasteiger partial charge is 0.258 e. The third kappa shape index (κ3) is 7.82. The summed E-state index contributed by atoms with van der Waals surface area (Å²) in [7, 11) is 0. The van der Waals surface area contributed by atoms with Gasteiger partial charge in [-0.25, -0.2) is 5.43 Å². The Balaban J connectivity index is 1.08. The van der Waals surface area contributed by atoms with Gasteiger partial charge in [0.15, 0.2) is 6.61 Å². The molecule has 1 atom stereocenters. The molecule has 1 unspecified atom stereocenters. The van der Waals surface area contributed by atoms with E-state index in [1.54, 1.807) is 0 Å². The topological polar surface area (TPSA) is 126 Å². The highest BCUT2D eigenvalue weighted by Crippen LogP contribution is 2.36. The Labute approximate surface area is 263 Å². The molecule has 0 radical (unpaired) electrons. The van der Waals surface area contributed by atoms with E-state index in [-0.39, 0.29) is 25.0 Å². The van der Waals surface area contributed by atoms with E-state index in [4.69, 9.17) is 9.47 Å². The second kappa shape index (κ2) is 14.1. The van der Waals surface area contributed by atoms with Gasteiger partial charge in [-0.15, -0.1) is 0 Å². The maximum absolute atomic E-state index is 12.6. The van der Waals surface area contributed by atoms with Gasteiger partial charge in [0.05, 0.1) is 11.2 Å². The zero-order chi connectivity index (χ0) is 32.0. The molecule has 0 fully saturated rings. The first-order valence-corrected chi connectivity index (χ1v) is 15.6. The molecule has 1 aliphatic heterocycles. The molecular formula is C35H43N5O5. The summed E-state index contributed by atoms with van der Waals surface area (Å²) >= 11 is 0. The Morgan fingerprint density at radius 2 is 1.87 bits per heavy atom. The molecule has 0 saturated heterocycles. The van der Waals surface area contributed by atoms with Gasteiger partial charge in [0.25, 0.3) is 5.91 Å². The van der Waals surface area contributed by atoms with Crippen molar-refractivity contribution in [2.24, 2.45) is 5.10 Å². The summed E-state index contributed by atoms with van der Waals surface area (Å²) in [6.07, 6.45) is 1.28. The molecule has 45 heavy (non-hydrogen) atoms. The van der Waals surface area contributed by atoms with Crippen molar-refractivity contribution in [3.63, 3.8) is 0 Å². The van der Waals surface area contributed by atoms with Crippen LogP contribution in [-0.4, -0.2) is 65.1 Å². The number of nitrogens with zero attached hydrogens (tertiary/aromatic N) is 2. The van der Waals surface area contributed by atoms with E-state index in [9.17, 15) is 14.7 Å². The first kappa shape index (κ1) is 32.0. The van der Waals surface area contributed by atoms with Gasteiger partial charge in [0.2, 0.25) is 5.91 Å². The number of aliphatic hydroxyl groups is 1. The number of hydrogen-bond acceptors (Lipinski definition) is 7. The molecular weight excluding hydrogens is 570 g/mol. The third-order valence-corrected chi connectivity index (χ3v) is 7.95. The molecule has 4 N–H and O–H groups in total. The number of benzene rings is 3. The van der Waals surface area contributed by atoms with Crippen LogP contribution in [0.4, 0.5) is 0 Å². The number of aryl methyl sites for hydroxylation is 2. The van der Waals surface area contributed by atoms with E-state index in [1.807, 2.05) is 57.2 Å². The molecule has 2 amide bonds. The summed E-state index contributed by atoms with van der Waals surface area (Å²) in [6, 6.07) is 20.0. The van der Waals surface area contributed by atoms with Crippen molar-refractivity contribution in [1.82, 2.24) is 20.6 Å². The number of fused-ring (bicyclic) bond motifs is 3. The van der Waals surface area contributed by atoms with Gasteiger partial charge in [-0.1, -0.05) is 31.2 Å². The molecule has 5 rings (SSSR count). The van der Waals surface area contributed by atoms with E-state index in [1.165, 1.54) is 5.52 Å². The molecule has 2 heterocycles. The van der Waals surface area contributed by atoms with Crippen molar-refractivity contribution in [3.05, 3.63) is 71.8 Å². The number of nitrogens with one attached hydrogen (secondary N) is 3. The monoisotopic (exact) mass is 613 g/mol. The number of hydrogen-bond donors (Lipinski definition) is 4. The predicted octanol–water partition coefficient (Wildman–Crippen LogP) is 4.43. The van der Waals surface area contributed by atoms with E-state index >= 15 is 0 Å². The fourth-order valence-corrected chi connectivity index (χ4v) is 5.54. The highest BCUT2D eigenvalue weighted by molar-refractivity contribution is 6.11. The molecule has 3 aromatic carbocycles. The van der Waals surface area contributed by atoms with Crippen molar-refractivity contribution >= 4 is 39.3 Å². The lowest BCUT2D eigenvalue weighted by Crippen LogP contribution is -2.52. The number of ether oxygens (including phenoxy) is 2. The van der Waals surface area contributed by atoms with Gasteiger partial charge in [0, 0.05) is 54.3 Å². The van der Waals surface area contributed by atoms with Gasteiger partial charge in [-0.05, 0) is 74.7 Å². The summed E-state index contributed by atoms with van der Waals surface area (Å²) in [5, 5.41) is 23.3. The highest BCUT2D eigenvalue weighted by atomic mass is 16.5. The van der Waals surface area contributed by atoms with Crippen LogP contribution < -0.4 is 25.5 Å². The number of carbonyl (C=O) groups excluding carboxylic acids is 2. The lowest BCUT2D eigenvalue weighted by atomic mass is 10.0. The van der Waals surface area contributed by atoms with E-state index in [2.05, 4.69) is 56.9 Å². The van der Waals surface area contributed by atoms with E-state index < -0.39 is 11.6 Å². The maximum Gasteiger partial charge on any atom is 0.258 e. The zero-order valence-corrected chi connectivity index (χ0v) is 26.5. The van der Waals surface area contributed by atoms with Crippen LogP contribution in [0.1, 0.15) is 51.2 Å². The SMILES string of the molecule is CCCn1c2ccccc2c2c(OCC(O)CNC(C)(C)CNC(=O)COc3ccc(C4=NNC(=O)CC4)cc3C)cccc21. The van der Waals surface area contributed by atoms with Gasteiger partial charge in [-0.2, -0.15) is 5.10 Å². The lowest BCUT2D eigenvalue weighted by Gasteiger charge is -2.28. The number of para-hydroxylation sites is 1. The lowest BCUT2D eigenvalue weighted by molar-refractivity contribution is -0.123. The number of hydrazone groups is 1. The highest BCUT2D eigenvalue weighted by Gasteiger charge is 2.21. The molecule has 1 aliphatic rings. The van der Waals surface area contributed by atoms with Crippen molar-refractivity contribution in [1.29, 1.82) is 0 Å². The van der Waals surface area contributed by atoms with Gasteiger partial charge < -0.3 is 29.8 Å². The van der Waals surface area contributed by atoms with Crippen LogP contribution >= 0.6 is 0 Å². The Hall–Kier alpha value is -4.41. The van der Waals surface area contributed by atoms with Gasteiger partial charge >= 0.3 is 0 Å². The minimum Gasteiger partial charge on any atom is -0.490 e. The van der Waals surface area contributed by atoms with Crippen molar-refractivity contribution in [3.8, 4) is 11.5 Å². The normalized spacial score (nSPS) is 14.2. The average Bonchev–Trinajstić information content (AvgIpc) is 3.36. The van der Waals surface area contributed by atoms with E-state index in [0.717, 1.165) is 51.8 Å². The number of aliphatic hydroxyl groups excluding tert-OH is 1. The van der Waals surface area contributed by atoms with Crippen LogP contribution in [0.5, 0.6) is 11.5 Å². The Bertz CT molecular complexity index is 1710. The summed E-state index contributed by atoms with van der Waals surface area (Å²) in [4.78, 5) is 23.9. The van der Waals surface area contributed by atoms with Crippen LogP contribution in [0.25, 0.3) is 21.8 Å².